The normalized spacial score (nSPS) is 9.18. The fourth-order valence-corrected chi connectivity index (χ4v) is 1.17. The standard InChI is InChI=1S/C7H4BrFN2/c8-5-1-4(3-10)7(9)6(11)2-5/h1-2H,11H2. The van der Waals surface area contributed by atoms with Crippen LogP contribution in [0, 0.1) is 17.1 Å². The van der Waals surface area contributed by atoms with Crippen LogP contribution >= 0.6 is 15.9 Å². The van der Waals surface area contributed by atoms with Crippen LogP contribution in [0.25, 0.3) is 0 Å². The molecule has 1 aromatic carbocycles. The molecule has 1 aromatic rings. The Morgan fingerprint density at radius 2 is 2.18 bits per heavy atom. The molecule has 0 aliphatic heterocycles. The minimum absolute atomic E-state index is 0.0177. The number of nitriles is 1. The van der Waals surface area contributed by atoms with Gasteiger partial charge < -0.3 is 5.73 Å². The van der Waals surface area contributed by atoms with Crippen molar-refractivity contribution < 1.29 is 4.39 Å². The number of anilines is 1. The molecule has 0 aromatic heterocycles. The van der Waals surface area contributed by atoms with Crippen molar-refractivity contribution in [1.29, 1.82) is 5.26 Å². The maximum atomic E-state index is 12.8. The average Bonchev–Trinajstić information content (AvgIpc) is 1.96. The molecule has 0 amide bonds. The lowest BCUT2D eigenvalue weighted by molar-refractivity contribution is 0.628. The van der Waals surface area contributed by atoms with E-state index in [-0.39, 0.29) is 11.3 Å². The van der Waals surface area contributed by atoms with Gasteiger partial charge >= 0.3 is 0 Å². The molecule has 0 saturated carbocycles. The number of rotatable bonds is 0. The fourth-order valence-electron chi connectivity index (χ4n) is 0.692. The van der Waals surface area contributed by atoms with Crippen molar-refractivity contribution in [3.63, 3.8) is 0 Å². The summed E-state index contributed by atoms with van der Waals surface area (Å²) >= 11 is 3.09. The highest BCUT2D eigenvalue weighted by Crippen LogP contribution is 2.20. The third-order valence-corrected chi connectivity index (χ3v) is 1.64. The van der Waals surface area contributed by atoms with E-state index in [4.69, 9.17) is 11.0 Å². The van der Waals surface area contributed by atoms with Crippen LogP contribution in [-0.4, -0.2) is 0 Å². The molecule has 0 atom stereocenters. The Morgan fingerprint density at radius 1 is 1.55 bits per heavy atom. The molecule has 0 unspecified atom stereocenters. The molecule has 2 nitrogen and oxygen atoms in total. The van der Waals surface area contributed by atoms with Crippen LogP contribution in [0.15, 0.2) is 16.6 Å². The lowest BCUT2D eigenvalue weighted by atomic mass is 10.2. The van der Waals surface area contributed by atoms with Gasteiger partial charge in [-0.05, 0) is 12.1 Å². The van der Waals surface area contributed by atoms with Gasteiger partial charge in [-0.25, -0.2) is 4.39 Å². The third-order valence-electron chi connectivity index (χ3n) is 1.19. The third kappa shape index (κ3) is 1.49. The number of benzene rings is 1. The van der Waals surface area contributed by atoms with Gasteiger partial charge in [0.25, 0.3) is 0 Å². The van der Waals surface area contributed by atoms with Crippen LogP contribution in [0.5, 0.6) is 0 Å². The Balaban J connectivity index is 3.39. The highest BCUT2D eigenvalue weighted by Gasteiger charge is 2.05. The molecular formula is C7H4BrFN2. The Kier molecular flexibility index (Phi) is 2.11. The molecule has 0 spiro atoms. The lowest BCUT2D eigenvalue weighted by Crippen LogP contribution is -1.93. The molecule has 56 valence electrons. The summed E-state index contributed by atoms with van der Waals surface area (Å²) in [4.78, 5) is 0. The summed E-state index contributed by atoms with van der Waals surface area (Å²) in [6, 6.07) is 4.49. The van der Waals surface area contributed by atoms with Gasteiger partial charge in [0.15, 0.2) is 5.82 Å². The van der Waals surface area contributed by atoms with E-state index in [2.05, 4.69) is 15.9 Å². The first kappa shape index (κ1) is 8.02. The van der Waals surface area contributed by atoms with Crippen molar-refractivity contribution in [2.24, 2.45) is 0 Å². The second kappa shape index (κ2) is 2.89. The maximum Gasteiger partial charge on any atom is 0.163 e. The number of nitrogen functional groups attached to an aromatic ring is 1. The van der Waals surface area contributed by atoms with Gasteiger partial charge in [0.2, 0.25) is 0 Å². The minimum Gasteiger partial charge on any atom is -0.396 e. The van der Waals surface area contributed by atoms with Gasteiger partial charge in [0.1, 0.15) is 6.07 Å². The van der Waals surface area contributed by atoms with Crippen LogP contribution in [0.4, 0.5) is 10.1 Å². The highest BCUT2D eigenvalue weighted by molar-refractivity contribution is 9.10. The largest absolute Gasteiger partial charge is 0.396 e. The van der Waals surface area contributed by atoms with Crippen LogP contribution < -0.4 is 5.73 Å². The Morgan fingerprint density at radius 3 is 2.73 bits per heavy atom. The molecule has 4 heteroatoms. The molecule has 0 aliphatic carbocycles. The smallest absolute Gasteiger partial charge is 0.163 e. The molecule has 0 radical (unpaired) electrons. The second-order valence-corrected chi connectivity index (χ2v) is 2.88. The summed E-state index contributed by atoms with van der Waals surface area (Å²) in [7, 11) is 0. The summed E-state index contributed by atoms with van der Waals surface area (Å²) in [5.74, 6) is -0.657. The highest BCUT2D eigenvalue weighted by atomic mass is 79.9. The van der Waals surface area contributed by atoms with Crippen molar-refractivity contribution in [2.45, 2.75) is 0 Å². The number of hydrogen-bond acceptors (Lipinski definition) is 2. The summed E-state index contributed by atoms with van der Waals surface area (Å²) in [5, 5.41) is 8.40. The molecule has 0 saturated heterocycles. The minimum atomic E-state index is -0.657. The predicted molar refractivity (Wildman–Crippen MR) is 43.2 cm³/mol. The first-order valence-corrected chi connectivity index (χ1v) is 3.59. The molecule has 0 heterocycles. The van der Waals surface area contributed by atoms with Gasteiger partial charge in [-0.1, -0.05) is 15.9 Å². The van der Waals surface area contributed by atoms with Crippen LogP contribution in [0.2, 0.25) is 0 Å². The SMILES string of the molecule is N#Cc1cc(Br)cc(N)c1F. The quantitative estimate of drug-likeness (QED) is 0.673. The number of nitrogens with two attached hydrogens (primary N) is 1. The lowest BCUT2D eigenvalue weighted by Gasteiger charge is -1.98. The summed E-state index contributed by atoms with van der Waals surface area (Å²) in [6.07, 6.45) is 0. The fraction of sp³-hybridized carbons (Fsp3) is 0. The van der Waals surface area contributed by atoms with Crippen molar-refractivity contribution in [3.05, 3.63) is 28.0 Å². The van der Waals surface area contributed by atoms with E-state index >= 15 is 0 Å². The van der Waals surface area contributed by atoms with Gasteiger partial charge in [-0.3, -0.25) is 0 Å². The van der Waals surface area contributed by atoms with E-state index in [1.165, 1.54) is 12.1 Å². The summed E-state index contributed by atoms with van der Waals surface area (Å²) in [5.41, 5.74) is 5.18. The van der Waals surface area contributed by atoms with Gasteiger partial charge in [-0.15, -0.1) is 0 Å². The van der Waals surface area contributed by atoms with E-state index in [1.54, 1.807) is 6.07 Å². The maximum absolute atomic E-state index is 12.8. The second-order valence-electron chi connectivity index (χ2n) is 1.97. The first-order chi connectivity index (χ1) is 5.15. The van der Waals surface area contributed by atoms with E-state index in [0.29, 0.717) is 4.47 Å². The number of halogens is 2. The van der Waals surface area contributed by atoms with E-state index < -0.39 is 5.82 Å². The summed E-state index contributed by atoms with van der Waals surface area (Å²) < 4.78 is 13.4. The first-order valence-electron chi connectivity index (χ1n) is 2.79. The Bertz CT molecular complexity index is 330. The zero-order chi connectivity index (χ0) is 8.43. The number of hydrogen-bond donors (Lipinski definition) is 1. The average molecular weight is 215 g/mol. The van der Waals surface area contributed by atoms with E-state index in [9.17, 15) is 4.39 Å². The molecular weight excluding hydrogens is 211 g/mol. The monoisotopic (exact) mass is 214 g/mol. The number of nitrogens with zero attached hydrogens (tertiary/aromatic N) is 1. The van der Waals surface area contributed by atoms with Crippen LogP contribution in [0.3, 0.4) is 0 Å². The van der Waals surface area contributed by atoms with Crippen molar-refractivity contribution in [2.75, 3.05) is 5.73 Å². The van der Waals surface area contributed by atoms with Gasteiger partial charge in [0, 0.05) is 4.47 Å². The zero-order valence-corrected chi connectivity index (χ0v) is 7.02. The van der Waals surface area contributed by atoms with Crippen LogP contribution in [-0.2, 0) is 0 Å². The Hall–Kier alpha value is -1.08. The zero-order valence-electron chi connectivity index (χ0n) is 5.44. The molecule has 0 aliphatic rings. The van der Waals surface area contributed by atoms with Gasteiger partial charge in [0.05, 0.1) is 11.3 Å². The van der Waals surface area contributed by atoms with E-state index in [0.717, 1.165) is 0 Å². The Labute approximate surface area is 71.6 Å². The predicted octanol–water partition coefficient (Wildman–Crippen LogP) is 2.04. The molecule has 11 heavy (non-hydrogen) atoms. The van der Waals surface area contributed by atoms with E-state index in [1.807, 2.05) is 0 Å². The molecule has 0 bridgehead atoms. The van der Waals surface area contributed by atoms with Gasteiger partial charge in [-0.2, -0.15) is 5.26 Å². The molecule has 2 N–H and O–H groups in total. The molecule has 1 rings (SSSR count). The van der Waals surface area contributed by atoms with Crippen molar-refractivity contribution in [3.8, 4) is 6.07 Å². The topological polar surface area (TPSA) is 49.8 Å². The van der Waals surface area contributed by atoms with Crippen molar-refractivity contribution >= 4 is 21.6 Å². The van der Waals surface area contributed by atoms with Crippen molar-refractivity contribution in [1.82, 2.24) is 0 Å². The summed E-state index contributed by atoms with van der Waals surface area (Å²) in [6.45, 7) is 0. The molecule has 0 fully saturated rings. The van der Waals surface area contributed by atoms with Crippen LogP contribution in [0.1, 0.15) is 5.56 Å².